The molecule has 0 aliphatic heterocycles. The first-order chi connectivity index (χ1) is 10.1. The zero-order valence-electron chi connectivity index (χ0n) is 11.1. The lowest BCUT2D eigenvalue weighted by molar-refractivity contribution is 0.558. The van der Waals surface area contributed by atoms with Crippen LogP contribution >= 0.6 is 0 Å². The first kappa shape index (κ1) is 13.3. The molecule has 0 spiro atoms. The Hall–Kier alpha value is -2.69. The number of nitrogen functional groups attached to an aromatic ring is 1. The van der Waals surface area contributed by atoms with E-state index in [4.69, 9.17) is 5.73 Å². The molecule has 0 aliphatic carbocycles. The highest BCUT2D eigenvalue weighted by molar-refractivity contribution is 5.75. The van der Waals surface area contributed by atoms with E-state index in [1.165, 1.54) is 12.1 Å². The Morgan fingerprint density at radius 3 is 2.67 bits per heavy atom. The number of aromatic nitrogens is 2. The van der Waals surface area contributed by atoms with Gasteiger partial charge in [0.05, 0.1) is 12.7 Å². The maximum Gasteiger partial charge on any atom is 0.131 e. The van der Waals surface area contributed by atoms with Gasteiger partial charge in [0.15, 0.2) is 0 Å². The van der Waals surface area contributed by atoms with Crippen molar-refractivity contribution in [3.8, 4) is 11.1 Å². The van der Waals surface area contributed by atoms with Crippen LogP contribution in [0, 0.1) is 11.6 Å². The minimum absolute atomic E-state index is 0.235. The molecule has 0 aliphatic rings. The molecule has 0 saturated heterocycles. The summed E-state index contributed by atoms with van der Waals surface area (Å²) in [5, 5.41) is 4.19. The molecule has 0 bridgehead atoms. The van der Waals surface area contributed by atoms with Crippen LogP contribution in [0.15, 0.2) is 54.9 Å². The lowest BCUT2D eigenvalue weighted by Crippen LogP contribution is -2.02. The lowest BCUT2D eigenvalue weighted by Gasteiger charge is -2.04. The average molecular weight is 285 g/mol. The van der Waals surface area contributed by atoms with Crippen molar-refractivity contribution in [2.24, 2.45) is 0 Å². The van der Waals surface area contributed by atoms with Crippen LogP contribution in [-0.4, -0.2) is 9.78 Å². The topological polar surface area (TPSA) is 43.8 Å². The van der Waals surface area contributed by atoms with E-state index in [2.05, 4.69) is 5.10 Å². The number of benzene rings is 2. The highest BCUT2D eigenvalue weighted by Gasteiger charge is 2.08. The Labute approximate surface area is 120 Å². The monoisotopic (exact) mass is 285 g/mol. The zero-order valence-corrected chi connectivity index (χ0v) is 11.1. The SMILES string of the molecule is Nc1ccccc1-c1cnn(Cc2ccc(F)cc2F)c1. The molecule has 3 rings (SSSR count). The van der Waals surface area contributed by atoms with Gasteiger partial charge in [0, 0.05) is 34.6 Å². The molecule has 3 nitrogen and oxygen atoms in total. The fourth-order valence-corrected chi connectivity index (χ4v) is 2.17. The number of para-hydroxylation sites is 1. The minimum atomic E-state index is -0.588. The van der Waals surface area contributed by atoms with E-state index in [0.29, 0.717) is 11.3 Å². The summed E-state index contributed by atoms with van der Waals surface area (Å²) in [6.45, 7) is 0.235. The Morgan fingerprint density at radius 1 is 1.10 bits per heavy atom. The summed E-state index contributed by atoms with van der Waals surface area (Å²) in [4.78, 5) is 0. The predicted molar refractivity (Wildman–Crippen MR) is 77.5 cm³/mol. The Morgan fingerprint density at radius 2 is 1.90 bits per heavy atom. The largest absolute Gasteiger partial charge is 0.398 e. The van der Waals surface area contributed by atoms with Crippen LogP contribution in [0.4, 0.5) is 14.5 Å². The second kappa shape index (κ2) is 5.36. The van der Waals surface area contributed by atoms with Gasteiger partial charge in [-0.25, -0.2) is 8.78 Å². The summed E-state index contributed by atoms with van der Waals surface area (Å²) in [6, 6.07) is 11.0. The van der Waals surface area contributed by atoms with Crippen LogP contribution < -0.4 is 5.73 Å². The molecule has 21 heavy (non-hydrogen) atoms. The summed E-state index contributed by atoms with van der Waals surface area (Å²) in [6.07, 6.45) is 3.46. The molecule has 2 aromatic carbocycles. The van der Waals surface area contributed by atoms with Gasteiger partial charge < -0.3 is 5.73 Å². The van der Waals surface area contributed by atoms with E-state index < -0.39 is 11.6 Å². The number of hydrogen-bond acceptors (Lipinski definition) is 2. The average Bonchev–Trinajstić information content (AvgIpc) is 2.91. The summed E-state index contributed by atoms with van der Waals surface area (Å²) in [5.74, 6) is -1.17. The second-order valence-electron chi connectivity index (χ2n) is 4.75. The van der Waals surface area contributed by atoms with Gasteiger partial charge in [-0.05, 0) is 12.1 Å². The third kappa shape index (κ3) is 2.76. The molecule has 0 saturated carbocycles. The molecule has 1 heterocycles. The third-order valence-corrected chi connectivity index (χ3v) is 3.25. The van der Waals surface area contributed by atoms with Crippen molar-refractivity contribution in [3.05, 3.63) is 72.1 Å². The zero-order chi connectivity index (χ0) is 14.8. The molecular formula is C16H13F2N3. The molecule has 0 amide bonds. The van der Waals surface area contributed by atoms with Crippen LogP contribution in [0.25, 0.3) is 11.1 Å². The van der Waals surface area contributed by atoms with E-state index in [-0.39, 0.29) is 6.54 Å². The standard InChI is InChI=1S/C16H13F2N3/c17-13-6-5-11(15(18)7-13)9-21-10-12(8-20-21)14-3-1-2-4-16(14)19/h1-8,10H,9,19H2. The maximum atomic E-state index is 13.6. The molecule has 0 radical (unpaired) electrons. The number of rotatable bonds is 3. The molecular weight excluding hydrogens is 272 g/mol. The van der Waals surface area contributed by atoms with Gasteiger partial charge in [-0.2, -0.15) is 5.10 Å². The fraction of sp³-hybridized carbons (Fsp3) is 0.0625. The van der Waals surface area contributed by atoms with Gasteiger partial charge in [0.2, 0.25) is 0 Å². The summed E-state index contributed by atoms with van der Waals surface area (Å²) < 4.78 is 28.1. The van der Waals surface area contributed by atoms with E-state index in [1.807, 2.05) is 24.3 Å². The van der Waals surface area contributed by atoms with Crippen molar-refractivity contribution in [3.63, 3.8) is 0 Å². The Balaban J connectivity index is 1.87. The first-order valence-corrected chi connectivity index (χ1v) is 6.45. The second-order valence-corrected chi connectivity index (χ2v) is 4.75. The number of anilines is 1. The smallest absolute Gasteiger partial charge is 0.131 e. The first-order valence-electron chi connectivity index (χ1n) is 6.45. The van der Waals surface area contributed by atoms with Gasteiger partial charge >= 0.3 is 0 Å². The van der Waals surface area contributed by atoms with Crippen molar-refractivity contribution < 1.29 is 8.78 Å². The number of nitrogens with zero attached hydrogens (tertiary/aromatic N) is 2. The van der Waals surface area contributed by atoms with Crippen LogP contribution in [0.1, 0.15) is 5.56 Å². The highest BCUT2D eigenvalue weighted by atomic mass is 19.1. The predicted octanol–water partition coefficient (Wildman–Crippen LogP) is 3.46. The van der Waals surface area contributed by atoms with Crippen molar-refractivity contribution in [2.75, 3.05) is 5.73 Å². The molecule has 2 N–H and O–H groups in total. The van der Waals surface area contributed by atoms with Gasteiger partial charge in [-0.3, -0.25) is 4.68 Å². The van der Waals surface area contributed by atoms with Crippen molar-refractivity contribution in [1.82, 2.24) is 9.78 Å². The molecule has 0 atom stereocenters. The molecule has 1 aromatic heterocycles. The van der Waals surface area contributed by atoms with E-state index in [0.717, 1.165) is 17.2 Å². The van der Waals surface area contributed by atoms with E-state index >= 15 is 0 Å². The Bertz CT molecular complexity index is 781. The molecule has 0 fully saturated rings. The van der Waals surface area contributed by atoms with Crippen molar-refractivity contribution in [2.45, 2.75) is 6.54 Å². The molecule has 106 valence electrons. The normalized spacial score (nSPS) is 10.8. The van der Waals surface area contributed by atoms with Crippen LogP contribution in [0.2, 0.25) is 0 Å². The van der Waals surface area contributed by atoms with Gasteiger partial charge in [0.25, 0.3) is 0 Å². The number of nitrogens with two attached hydrogens (primary N) is 1. The Kier molecular flexibility index (Phi) is 3.39. The summed E-state index contributed by atoms with van der Waals surface area (Å²) in [5.41, 5.74) is 8.69. The van der Waals surface area contributed by atoms with Gasteiger partial charge in [0.1, 0.15) is 11.6 Å². The summed E-state index contributed by atoms with van der Waals surface area (Å²) >= 11 is 0. The van der Waals surface area contributed by atoms with Crippen molar-refractivity contribution >= 4 is 5.69 Å². The van der Waals surface area contributed by atoms with Crippen LogP contribution in [0.3, 0.4) is 0 Å². The molecule has 3 aromatic rings. The lowest BCUT2D eigenvalue weighted by atomic mass is 10.1. The maximum absolute atomic E-state index is 13.6. The third-order valence-electron chi connectivity index (χ3n) is 3.25. The number of halogens is 2. The van der Waals surface area contributed by atoms with E-state index in [1.54, 1.807) is 17.1 Å². The minimum Gasteiger partial charge on any atom is -0.398 e. The van der Waals surface area contributed by atoms with Crippen molar-refractivity contribution in [1.29, 1.82) is 0 Å². The van der Waals surface area contributed by atoms with Crippen LogP contribution in [0.5, 0.6) is 0 Å². The molecule has 0 unspecified atom stereocenters. The quantitative estimate of drug-likeness (QED) is 0.749. The van der Waals surface area contributed by atoms with Crippen LogP contribution in [-0.2, 0) is 6.54 Å². The fourth-order valence-electron chi connectivity index (χ4n) is 2.17. The number of hydrogen-bond donors (Lipinski definition) is 1. The van der Waals surface area contributed by atoms with Gasteiger partial charge in [-0.15, -0.1) is 0 Å². The molecule has 5 heteroatoms. The summed E-state index contributed by atoms with van der Waals surface area (Å²) in [7, 11) is 0. The highest BCUT2D eigenvalue weighted by Crippen LogP contribution is 2.25. The van der Waals surface area contributed by atoms with E-state index in [9.17, 15) is 8.78 Å². The van der Waals surface area contributed by atoms with Gasteiger partial charge in [-0.1, -0.05) is 24.3 Å².